The van der Waals surface area contributed by atoms with Gasteiger partial charge in [-0.2, -0.15) is 0 Å². The van der Waals surface area contributed by atoms with Crippen molar-refractivity contribution >= 4 is 17.4 Å². The minimum absolute atomic E-state index is 0.212. The van der Waals surface area contributed by atoms with Crippen LogP contribution in [0.15, 0.2) is 42.6 Å². The zero-order valence-corrected chi connectivity index (χ0v) is 14.8. The van der Waals surface area contributed by atoms with Crippen molar-refractivity contribution in [2.45, 2.75) is 19.8 Å². The quantitative estimate of drug-likeness (QED) is 0.611. The highest BCUT2D eigenvalue weighted by atomic mass is 16.5. The molecule has 2 heterocycles. The standard InChI is InChI=1S/C20H24N2O3/c1-4-11-22-19(23)17(15-9-5-6-10-16(15)25-3)18(20(22)24)21-12-7-8-14(2)13-21/h4-6,9-10,14H,1,7-8,11-13H2,2-3H3. The molecule has 2 amide bonds. The van der Waals surface area contributed by atoms with Gasteiger partial charge >= 0.3 is 0 Å². The van der Waals surface area contributed by atoms with Gasteiger partial charge in [0.25, 0.3) is 11.8 Å². The molecule has 2 aliphatic heterocycles. The predicted octanol–water partition coefficient (Wildman–Crippen LogP) is 2.69. The summed E-state index contributed by atoms with van der Waals surface area (Å²) in [6, 6.07) is 7.36. The Balaban J connectivity index is 2.14. The van der Waals surface area contributed by atoms with E-state index in [2.05, 4.69) is 18.4 Å². The first-order chi connectivity index (χ1) is 12.1. The first kappa shape index (κ1) is 17.3. The van der Waals surface area contributed by atoms with Gasteiger partial charge in [-0.1, -0.05) is 31.2 Å². The molecule has 1 aromatic rings. The second-order valence-electron chi connectivity index (χ2n) is 6.63. The van der Waals surface area contributed by atoms with Crippen molar-refractivity contribution in [3.05, 3.63) is 48.2 Å². The molecule has 0 aliphatic carbocycles. The van der Waals surface area contributed by atoms with Gasteiger partial charge in [-0.3, -0.25) is 14.5 Å². The Bertz CT molecular complexity index is 738. The lowest BCUT2D eigenvalue weighted by Crippen LogP contribution is -2.39. The second-order valence-corrected chi connectivity index (χ2v) is 6.63. The van der Waals surface area contributed by atoms with Crippen molar-refractivity contribution in [3.8, 4) is 5.75 Å². The number of piperidine rings is 1. The summed E-state index contributed by atoms with van der Waals surface area (Å²) >= 11 is 0. The number of amides is 2. The number of rotatable bonds is 5. The van der Waals surface area contributed by atoms with Crippen molar-refractivity contribution < 1.29 is 14.3 Å². The van der Waals surface area contributed by atoms with Crippen LogP contribution in [0, 0.1) is 5.92 Å². The van der Waals surface area contributed by atoms with E-state index in [9.17, 15) is 9.59 Å². The number of benzene rings is 1. The number of hydrogen-bond acceptors (Lipinski definition) is 4. The van der Waals surface area contributed by atoms with Gasteiger partial charge in [0.15, 0.2) is 0 Å². The molecule has 0 N–H and O–H groups in total. The van der Waals surface area contributed by atoms with E-state index in [1.54, 1.807) is 13.2 Å². The Morgan fingerprint density at radius 3 is 2.72 bits per heavy atom. The fraction of sp³-hybridized carbons (Fsp3) is 0.400. The van der Waals surface area contributed by atoms with Crippen LogP contribution >= 0.6 is 0 Å². The number of carbonyl (C=O) groups is 2. The highest BCUT2D eigenvalue weighted by molar-refractivity contribution is 6.36. The molecule has 5 heteroatoms. The Labute approximate surface area is 148 Å². The Morgan fingerprint density at radius 2 is 2.04 bits per heavy atom. The van der Waals surface area contributed by atoms with Gasteiger partial charge in [0.05, 0.1) is 12.7 Å². The number of likely N-dealkylation sites (tertiary alicyclic amines) is 1. The van der Waals surface area contributed by atoms with Crippen LogP contribution in [0.3, 0.4) is 0 Å². The summed E-state index contributed by atoms with van der Waals surface area (Å²) in [5.41, 5.74) is 1.62. The van der Waals surface area contributed by atoms with Gasteiger partial charge in [0.2, 0.25) is 0 Å². The molecular weight excluding hydrogens is 316 g/mol. The predicted molar refractivity (Wildman–Crippen MR) is 96.8 cm³/mol. The second kappa shape index (κ2) is 7.13. The molecule has 132 valence electrons. The van der Waals surface area contributed by atoms with E-state index in [4.69, 9.17) is 4.74 Å². The van der Waals surface area contributed by atoms with Crippen LogP contribution in [0.4, 0.5) is 0 Å². The maximum atomic E-state index is 13.0. The van der Waals surface area contributed by atoms with E-state index in [0.29, 0.717) is 28.5 Å². The summed E-state index contributed by atoms with van der Waals surface area (Å²) in [5, 5.41) is 0. The third-order valence-corrected chi connectivity index (χ3v) is 4.80. The van der Waals surface area contributed by atoms with Crippen LogP contribution in [0.1, 0.15) is 25.3 Å². The number of ether oxygens (including phenoxy) is 1. The number of imide groups is 1. The lowest BCUT2D eigenvalue weighted by molar-refractivity contribution is -0.137. The van der Waals surface area contributed by atoms with Crippen molar-refractivity contribution in [1.29, 1.82) is 0 Å². The third kappa shape index (κ3) is 3.06. The lowest BCUT2D eigenvalue weighted by Gasteiger charge is -2.33. The smallest absolute Gasteiger partial charge is 0.278 e. The molecule has 0 aromatic heterocycles. The van der Waals surface area contributed by atoms with Crippen molar-refractivity contribution in [2.24, 2.45) is 5.92 Å². The topological polar surface area (TPSA) is 49.9 Å². The summed E-state index contributed by atoms with van der Waals surface area (Å²) in [5.74, 6) is 0.584. The molecule has 0 bridgehead atoms. The van der Waals surface area contributed by atoms with Gasteiger partial charge in [0, 0.05) is 25.2 Å². The molecule has 3 rings (SSSR count). The number of hydrogen-bond donors (Lipinski definition) is 0. The first-order valence-electron chi connectivity index (χ1n) is 8.68. The summed E-state index contributed by atoms with van der Waals surface area (Å²) in [6.45, 7) is 7.64. The minimum atomic E-state index is -0.275. The van der Waals surface area contributed by atoms with Crippen molar-refractivity contribution in [2.75, 3.05) is 26.7 Å². The molecular formula is C20H24N2O3. The Hall–Kier alpha value is -2.56. The van der Waals surface area contributed by atoms with Gasteiger partial charge in [-0.15, -0.1) is 6.58 Å². The molecule has 2 aliphatic rings. The minimum Gasteiger partial charge on any atom is -0.496 e. The van der Waals surface area contributed by atoms with E-state index in [1.807, 2.05) is 24.3 Å². The largest absolute Gasteiger partial charge is 0.496 e. The maximum absolute atomic E-state index is 13.0. The van der Waals surface area contributed by atoms with Crippen molar-refractivity contribution in [3.63, 3.8) is 0 Å². The Morgan fingerprint density at radius 1 is 1.28 bits per heavy atom. The Kier molecular flexibility index (Phi) is 4.93. The van der Waals surface area contributed by atoms with E-state index < -0.39 is 0 Å². The van der Waals surface area contributed by atoms with Crippen molar-refractivity contribution in [1.82, 2.24) is 9.80 Å². The van der Waals surface area contributed by atoms with Gasteiger partial charge in [-0.25, -0.2) is 0 Å². The van der Waals surface area contributed by atoms with Crippen LogP contribution in [-0.4, -0.2) is 48.4 Å². The van der Waals surface area contributed by atoms with Crippen LogP contribution in [0.25, 0.3) is 5.57 Å². The summed E-state index contributed by atoms with van der Waals surface area (Å²) in [7, 11) is 1.57. The average molecular weight is 340 g/mol. The van der Waals surface area contributed by atoms with Crippen LogP contribution in [0.5, 0.6) is 5.75 Å². The van der Waals surface area contributed by atoms with Crippen LogP contribution in [-0.2, 0) is 9.59 Å². The van der Waals surface area contributed by atoms with Gasteiger partial charge < -0.3 is 9.64 Å². The maximum Gasteiger partial charge on any atom is 0.278 e. The molecule has 0 saturated carbocycles. The number of methoxy groups -OCH3 is 1. The monoisotopic (exact) mass is 340 g/mol. The van der Waals surface area contributed by atoms with E-state index in [-0.39, 0.29) is 18.4 Å². The fourth-order valence-electron chi connectivity index (χ4n) is 3.64. The highest BCUT2D eigenvalue weighted by Gasteiger charge is 2.42. The lowest BCUT2D eigenvalue weighted by atomic mass is 9.97. The van der Waals surface area contributed by atoms with Gasteiger partial charge in [0.1, 0.15) is 11.4 Å². The molecule has 25 heavy (non-hydrogen) atoms. The molecule has 1 atom stereocenters. The van der Waals surface area contributed by atoms with Crippen LogP contribution in [0.2, 0.25) is 0 Å². The number of para-hydroxylation sites is 1. The zero-order chi connectivity index (χ0) is 18.0. The highest BCUT2D eigenvalue weighted by Crippen LogP contribution is 2.37. The average Bonchev–Trinajstić information content (AvgIpc) is 2.86. The zero-order valence-electron chi connectivity index (χ0n) is 14.8. The molecule has 1 aromatic carbocycles. The summed E-state index contributed by atoms with van der Waals surface area (Å²) in [4.78, 5) is 29.4. The van der Waals surface area contributed by atoms with E-state index in [1.165, 1.54) is 4.90 Å². The van der Waals surface area contributed by atoms with E-state index >= 15 is 0 Å². The number of nitrogens with zero attached hydrogens (tertiary/aromatic N) is 2. The van der Waals surface area contributed by atoms with E-state index in [0.717, 1.165) is 25.9 Å². The molecule has 0 radical (unpaired) electrons. The first-order valence-corrected chi connectivity index (χ1v) is 8.68. The van der Waals surface area contributed by atoms with Gasteiger partial charge in [-0.05, 0) is 24.8 Å². The normalized spacial score (nSPS) is 21.1. The van der Waals surface area contributed by atoms with Crippen LogP contribution < -0.4 is 4.74 Å². The third-order valence-electron chi connectivity index (χ3n) is 4.80. The summed E-state index contributed by atoms with van der Waals surface area (Å²) in [6.07, 6.45) is 3.75. The molecule has 5 nitrogen and oxygen atoms in total. The molecule has 1 unspecified atom stereocenters. The number of carbonyl (C=O) groups excluding carboxylic acids is 2. The molecule has 1 fully saturated rings. The summed E-state index contributed by atoms with van der Waals surface area (Å²) < 4.78 is 5.44. The SMILES string of the molecule is C=CCN1C(=O)C(c2ccccc2OC)=C(N2CCCC(C)C2)C1=O. The fourth-order valence-corrected chi connectivity index (χ4v) is 3.64. The molecule has 0 spiro atoms. The molecule has 1 saturated heterocycles.